The minimum absolute atomic E-state index is 0.382. The maximum atomic E-state index is 13.3. The fraction of sp³-hybridized carbons (Fsp3) is 0.263. The molecule has 0 saturated heterocycles. The quantitative estimate of drug-likeness (QED) is 0.645. The lowest BCUT2D eigenvalue weighted by atomic mass is 10.1. The average Bonchev–Trinajstić information content (AvgIpc) is 2.96. The zero-order chi connectivity index (χ0) is 17.9. The van der Waals surface area contributed by atoms with Crippen LogP contribution in [0.25, 0.3) is 11.0 Å². The number of nitrogens with zero attached hydrogens (tertiary/aromatic N) is 2. The third-order valence-electron chi connectivity index (χ3n) is 3.86. The van der Waals surface area contributed by atoms with Gasteiger partial charge in [0.2, 0.25) is 0 Å². The molecule has 1 aromatic carbocycles. The largest absolute Gasteiger partial charge is 0.328 e. The molecule has 3 nitrogen and oxygen atoms in total. The summed E-state index contributed by atoms with van der Waals surface area (Å²) in [5.41, 5.74) is 3.50. The highest BCUT2D eigenvalue weighted by atomic mass is 19.2. The molecule has 0 amide bonds. The van der Waals surface area contributed by atoms with E-state index in [0.29, 0.717) is 23.4 Å². The predicted molar refractivity (Wildman–Crippen MR) is 91.4 cm³/mol. The van der Waals surface area contributed by atoms with Crippen LogP contribution >= 0.6 is 0 Å². The highest BCUT2D eigenvalue weighted by Crippen LogP contribution is 2.23. The molecule has 0 aliphatic rings. The summed E-state index contributed by atoms with van der Waals surface area (Å²) in [6.07, 6.45) is 2.64. The first-order valence-corrected chi connectivity index (χ1v) is 7.86. The van der Waals surface area contributed by atoms with Crippen LogP contribution in [0.2, 0.25) is 0 Å². The van der Waals surface area contributed by atoms with Crippen molar-refractivity contribution in [2.24, 2.45) is 0 Å². The third-order valence-corrected chi connectivity index (χ3v) is 3.86. The number of halogens is 2. The Morgan fingerprint density at radius 2 is 1.83 bits per heavy atom. The van der Waals surface area contributed by atoms with E-state index in [4.69, 9.17) is 0 Å². The number of aryl methyl sites for hydroxylation is 2. The monoisotopic (exact) mass is 330 g/mol. The first-order valence-electron chi connectivity index (χ1n) is 7.86. The summed E-state index contributed by atoms with van der Waals surface area (Å²) in [7, 11) is 0. The standard InChI is InChI=1S/C17H14F2N2O.C2H6/c1-10-13-5-6-21(17(13)20-11(2)14(10)9-22)8-12-3-4-15(18)16(19)7-12;1-2/h3-7,9H,8H2,1-2H3;1-2H3. The van der Waals surface area contributed by atoms with Crippen LogP contribution in [0, 0.1) is 25.5 Å². The lowest BCUT2D eigenvalue weighted by molar-refractivity contribution is 0.112. The predicted octanol–water partition coefficient (Wildman–Crippen LogP) is 4.82. The van der Waals surface area contributed by atoms with Gasteiger partial charge in [0.1, 0.15) is 5.65 Å². The Morgan fingerprint density at radius 3 is 2.46 bits per heavy atom. The van der Waals surface area contributed by atoms with Crippen molar-refractivity contribution in [2.45, 2.75) is 34.2 Å². The fourth-order valence-electron chi connectivity index (χ4n) is 2.65. The number of carbonyl (C=O) groups is 1. The lowest BCUT2D eigenvalue weighted by Gasteiger charge is -2.09. The van der Waals surface area contributed by atoms with E-state index in [0.717, 1.165) is 28.9 Å². The molecule has 126 valence electrons. The van der Waals surface area contributed by atoms with E-state index in [2.05, 4.69) is 4.98 Å². The maximum absolute atomic E-state index is 13.3. The van der Waals surface area contributed by atoms with E-state index in [1.165, 1.54) is 6.07 Å². The molecule has 0 spiro atoms. The van der Waals surface area contributed by atoms with Crippen molar-refractivity contribution in [3.05, 3.63) is 64.5 Å². The van der Waals surface area contributed by atoms with Gasteiger partial charge in [-0.15, -0.1) is 0 Å². The summed E-state index contributed by atoms with van der Waals surface area (Å²) in [4.78, 5) is 15.6. The van der Waals surface area contributed by atoms with Crippen molar-refractivity contribution in [3.63, 3.8) is 0 Å². The molecule has 0 saturated carbocycles. The summed E-state index contributed by atoms with van der Waals surface area (Å²) < 4.78 is 28.2. The zero-order valence-corrected chi connectivity index (χ0v) is 14.2. The Kier molecular flexibility index (Phi) is 5.44. The first-order chi connectivity index (χ1) is 11.5. The van der Waals surface area contributed by atoms with E-state index in [1.54, 1.807) is 13.0 Å². The molecule has 0 radical (unpaired) electrons. The lowest BCUT2D eigenvalue weighted by Crippen LogP contribution is -2.03. The SMILES string of the molecule is CC.Cc1nc2c(ccn2Cc2ccc(F)c(F)c2)c(C)c1C=O. The average molecular weight is 330 g/mol. The fourth-order valence-corrected chi connectivity index (χ4v) is 2.65. The Balaban J connectivity index is 0.00000100. The van der Waals surface area contributed by atoms with E-state index in [1.807, 2.05) is 37.6 Å². The number of carbonyl (C=O) groups excluding carboxylic acids is 1. The summed E-state index contributed by atoms with van der Waals surface area (Å²) in [5, 5.41) is 0.885. The molecular weight excluding hydrogens is 310 g/mol. The molecule has 2 heterocycles. The van der Waals surface area contributed by atoms with Crippen molar-refractivity contribution in [3.8, 4) is 0 Å². The van der Waals surface area contributed by atoms with Gasteiger partial charge in [-0.05, 0) is 43.2 Å². The van der Waals surface area contributed by atoms with Gasteiger partial charge in [0.15, 0.2) is 17.9 Å². The van der Waals surface area contributed by atoms with Crippen LogP contribution in [-0.4, -0.2) is 15.8 Å². The van der Waals surface area contributed by atoms with Gasteiger partial charge < -0.3 is 4.57 Å². The summed E-state index contributed by atoms with van der Waals surface area (Å²) >= 11 is 0. The molecular formula is C19H20F2N2O. The van der Waals surface area contributed by atoms with Gasteiger partial charge in [0.25, 0.3) is 0 Å². The van der Waals surface area contributed by atoms with E-state index in [-0.39, 0.29) is 0 Å². The van der Waals surface area contributed by atoms with Gasteiger partial charge in [0, 0.05) is 23.7 Å². The highest BCUT2D eigenvalue weighted by molar-refractivity contribution is 5.90. The second-order valence-electron chi connectivity index (χ2n) is 5.28. The van der Waals surface area contributed by atoms with Gasteiger partial charge in [-0.2, -0.15) is 0 Å². The van der Waals surface area contributed by atoms with Crippen LogP contribution in [-0.2, 0) is 6.54 Å². The molecule has 5 heteroatoms. The van der Waals surface area contributed by atoms with Crippen LogP contribution in [0.4, 0.5) is 8.78 Å². The topological polar surface area (TPSA) is 34.9 Å². The number of fused-ring (bicyclic) bond motifs is 1. The summed E-state index contributed by atoms with van der Waals surface area (Å²) in [6.45, 7) is 8.04. The summed E-state index contributed by atoms with van der Waals surface area (Å²) in [6, 6.07) is 5.72. The van der Waals surface area contributed by atoms with Crippen LogP contribution in [0.1, 0.15) is 41.0 Å². The Hall–Kier alpha value is -2.56. The van der Waals surface area contributed by atoms with Gasteiger partial charge in [0.05, 0.1) is 5.69 Å². The third kappa shape index (κ3) is 3.20. The van der Waals surface area contributed by atoms with Gasteiger partial charge in [-0.3, -0.25) is 4.79 Å². The minimum atomic E-state index is -0.863. The van der Waals surface area contributed by atoms with Crippen molar-refractivity contribution in [2.75, 3.05) is 0 Å². The molecule has 3 aromatic rings. The van der Waals surface area contributed by atoms with Gasteiger partial charge >= 0.3 is 0 Å². The molecule has 0 aliphatic heterocycles. The second-order valence-corrected chi connectivity index (χ2v) is 5.28. The van der Waals surface area contributed by atoms with Crippen LogP contribution < -0.4 is 0 Å². The number of rotatable bonds is 3. The maximum Gasteiger partial charge on any atom is 0.159 e. The van der Waals surface area contributed by atoms with Crippen molar-refractivity contribution >= 4 is 17.3 Å². The molecule has 3 rings (SSSR count). The smallest absolute Gasteiger partial charge is 0.159 e. The number of hydrogen-bond donors (Lipinski definition) is 0. The zero-order valence-electron chi connectivity index (χ0n) is 14.2. The van der Waals surface area contributed by atoms with E-state index in [9.17, 15) is 13.6 Å². The number of benzene rings is 1. The van der Waals surface area contributed by atoms with Crippen LogP contribution in [0.3, 0.4) is 0 Å². The molecule has 0 unspecified atom stereocenters. The number of aromatic nitrogens is 2. The Morgan fingerprint density at radius 1 is 1.12 bits per heavy atom. The molecule has 0 atom stereocenters. The van der Waals surface area contributed by atoms with Gasteiger partial charge in [-0.25, -0.2) is 13.8 Å². The molecule has 24 heavy (non-hydrogen) atoms. The molecule has 0 fully saturated rings. The van der Waals surface area contributed by atoms with Crippen LogP contribution in [0.5, 0.6) is 0 Å². The number of pyridine rings is 1. The van der Waals surface area contributed by atoms with E-state index >= 15 is 0 Å². The number of hydrogen-bond acceptors (Lipinski definition) is 2. The Labute approximate surface area is 139 Å². The van der Waals surface area contributed by atoms with Crippen molar-refractivity contribution in [1.29, 1.82) is 0 Å². The normalized spacial score (nSPS) is 10.4. The second kappa shape index (κ2) is 7.34. The first kappa shape index (κ1) is 17.8. The van der Waals surface area contributed by atoms with Gasteiger partial charge in [-0.1, -0.05) is 19.9 Å². The summed E-state index contributed by atoms with van der Waals surface area (Å²) in [5.74, 6) is -1.72. The van der Waals surface area contributed by atoms with Crippen LogP contribution in [0.15, 0.2) is 30.5 Å². The van der Waals surface area contributed by atoms with E-state index < -0.39 is 11.6 Å². The molecule has 0 aliphatic carbocycles. The van der Waals surface area contributed by atoms with Crippen molar-refractivity contribution < 1.29 is 13.6 Å². The highest BCUT2D eigenvalue weighted by Gasteiger charge is 2.12. The Bertz CT molecular complexity index is 885. The minimum Gasteiger partial charge on any atom is -0.328 e. The molecule has 0 bridgehead atoms. The number of aldehydes is 1. The van der Waals surface area contributed by atoms with Crippen molar-refractivity contribution in [1.82, 2.24) is 9.55 Å². The molecule has 2 aromatic heterocycles. The molecule has 0 N–H and O–H groups in total.